The zero-order valence-corrected chi connectivity index (χ0v) is 8.38. The van der Waals surface area contributed by atoms with Crippen molar-refractivity contribution in [2.75, 3.05) is 19.8 Å². The van der Waals surface area contributed by atoms with E-state index in [1.165, 1.54) is 0 Å². The maximum absolute atomic E-state index is 11.1. The summed E-state index contributed by atoms with van der Waals surface area (Å²) in [5, 5.41) is 11.3. The third-order valence-electron chi connectivity index (χ3n) is 1.50. The second-order valence-corrected chi connectivity index (χ2v) is 3.01. The van der Waals surface area contributed by atoms with Gasteiger partial charge >= 0.3 is 0 Å². The van der Waals surface area contributed by atoms with Crippen LogP contribution in [0, 0.1) is 0 Å². The largest absolute Gasteiger partial charge is 0.394 e. The molecule has 4 nitrogen and oxygen atoms in total. The van der Waals surface area contributed by atoms with Crippen LogP contribution in [-0.4, -0.2) is 36.9 Å². The zero-order valence-electron chi connectivity index (χ0n) is 8.38. The first-order valence-corrected chi connectivity index (χ1v) is 4.68. The average Bonchev–Trinajstić information content (AvgIpc) is 2.12. The number of carbonyl (C=O) groups is 1. The Kier molecular flexibility index (Phi) is 7.63. The first-order valence-electron chi connectivity index (χ1n) is 4.68. The standard InChI is InChI=1S/C9H19NO3/c1-3-5-13-6-4-9(12)10-8(2)7-11/h8,11H,3-7H2,1-2H3,(H,10,12)/t8-/m1/s1. The lowest BCUT2D eigenvalue weighted by atomic mass is 10.3. The molecule has 0 spiro atoms. The molecule has 13 heavy (non-hydrogen) atoms. The molecule has 1 atom stereocenters. The molecule has 0 saturated heterocycles. The Bertz CT molecular complexity index is 139. The Morgan fingerprint density at radius 3 is 2.77 bits per heavy atom. The number of ether oxygens (including phenoxy) is 1. The lowest BCUT2D eigenvalue weighted by molar-refractivity contribution is -0.123. The summed E-state index contributed by atoms with van der Waals surface area (Å²) in [5.74, 6) is -0.0716. The molecule has 0 aromatic heterocycles. The molecule has 0 aromatic rings. The molecular weight excluding hydrogens is 170 g/mol. The van der Waals surface area contributed by atoms with E-state index in [9.17, 15) is 4.79 Å². The number of hydrogen-bond donors (Lipinski definition) is 2. The van der Waals surface area contributed by atoms with Crippen molar-refractivity contribution in [3.63, 3.8) is 0 Å². The Hall–Kier alpha value is -0.610. The van der Waals surface area contributed by atoms with Gasteiger partial charge in [-0.15, -0.1) is 0 Å². The molecule has 0 aliphatic carbocycles. The summed E-state index contributed by atoms with van der Waals surface area (Å²) in [6, 6.07) is -0.168. The van der Waals surface area contributed by atoms with E-state index in [2.05, 4.69) is 5.32 Å². The van der Waals surface area contributed by atoms with Crippen LogP contribution in [0.4, 0.5) is 0 Å². The number of nitrogens with one attached hydrogen (secondary N) is 1. The highest BCUT2D eigenvalue weighted by atomic mass is 16.5. The van der Waals surface area contributed by atoms with E-state index in [-0.39, 0.29) is 18.6 Å². The van der Waals surface area contributed by atoms with Crippen molar-refractivity contribution in [1.82, 2.24) is 5.32 Å². The van der Waals surface area contributed by atoms with Crippen molar-refractivity contribution in [1.29, 1.82) is 0 Å². The van der Waals surface area contributed by atoms with E-state index in [1.807, 2.05) is 6.92 Å². The zero-order chi connectivity index (χ0) is 10.1. The van der Waals surface area contributed by atoms with Gasteiger partial charge in [-0.1, -0.05) is 6.92 Å². The molecule has 0 radical (unpaired) electrons. The van der Waals surface area contributed by atoms with Crippen LogP contribution in [0.15, 0.2) is 0 Å². The number of carbonyl (C=O) groups excluding carboxylic acids is 1. The number of aliphatic hydroxyl groups is 1. The van der Waals surface area contributed by atoms with Crippen LogP contribution in [-0.2, 0) is 9.53 Å². The van der Waals surface area contributed by atoms with Gasteiger partial charge in [0, 0.05) is 19.1 Å². The lowest BCUT2D eigenvalue weighted by Crippen LogP contribution is -2.35. The van der Waals surface area contributed by atoms with Crippen LogP contribution in [0.2, 0.25) is 0 Å². The highest BCUT2D eigenvalue weighted by molar-refractivity contribution is 5.76. The van der Waals surface area contributed by atoms with Crippen LogP contribution in [0.1, 0.15) is 26.7 Å². The van der Waals surface area contributed by atoms with Crippen LogP contribution in [0.3, 0.4) is 0 Å². The van der Waals surface area contributed by atoms with Crippen molar-refractivity contribution >= 4 is 5.91 Å². The van der Waals surface area contributed by atoms with Gasteiger partial charge in [-0.2, -0.15) is 0 Å². The summed E-state index contributed by atoms with van der Waals surface area (Å²) in [7, 11) is 0. The van der Waals surface area contributed by atoms with Crippen LogP contribution >= 0.6 is 0 Å². The van der Waals surface area contributed by atoms with E-state index in [0.29, 0.717) is 19.6 Å². The van der Waals surface area contributed by atoms with E-state index >= 15 is 0 Å². The fourth-order valence-corrected chi connectivity index (χ4v) is 0.804. The molecule has 0 fully saturated rings. The molecule has 0 rings (SSSR count). The van der Waals surface area contributed by atoms with Crippen LogP contribution in [0.5, 0.6) is 0 Å². The summed E-state index contributed by atoms with van der Waals surface area (Å²) >= 11 is 0. The van der Waals surface area contributed by atoms with Crippen LogP contribution < -0.4 is 5.32 Å². The summed E-state index contributed by atoms with van der Waals surface area (Å²) in [4.78, 5) is 11.1. The van der Waals surface area contributed by atoms with Gasteiger partial charge in [0.25, 0.3) is 0 Å². The predicted octanol–water partition coefficient (Wildman–Crippen LogP) is 0.300. The quantitative estimate of drug-likeness (QED) is 0.566. The van der Waals surface area contributed by atoms with Crippen molar-refractivity contribution in [3.05, 3.63) is 0 Å². The molecule has 78 valence electrons. The van der Waals surface area contributed by atoms with Crippen molar-refractivity contribution in [3.8, 4) is 0 Å². The van der Waals surface area contributed by atoms with Gasteiger partial charge < -0.3 is 15.2 Å². The van der Waals surface area contributed by atoms with Crippen molar-refractivity contribution in [2.45, 2.75) is 32.7 Å². The van der Waals surface area contributed by atoms with Crippen molar-refractivity contribution in [2.24, 2.45) is 0 Å². The van der Waals surface area contributed by atoms with E-state index in [1.54, 1.807) is 6.92 Å². The van der Waals surface area contributed by atoms with Gasteiger partial charge in [-0.25, -0.2) is 0 Å². The lowest BCUT2D eigenvalue weighted by Gasteiger charge is -2.10. The van der Waals surface area contributed by atoms with Gasteiger partial charge in [0.1, 0.15) is 0 Å². The smallest absolute Gasteiger partial charge is 0.222 e. The van der Waals surface area contributed by atoms with Gasteiger partial charge in [0.05, 0.1) is 13.2 Å². The summed E-state index contributed by atoms with van der Waals surface area (Å²) in [5.41, 5.74) is 0. The predicted molar refractivity (Wildman–Crippen MR) is 50.4 cm³/mol. The van der Waals surface area contributed by atoms with Gasteiger partial charge in [-0.05, 0) is 13.3 Å². The number of hydrogen-bond acceptors (Lipinski definition) is 3. The molecule has 0 heterocycles. The maximum Gasteiger partial charge on any atom is 0.222 e. The first kappa shape index (κ1) is 12.4. The molecule has 0 aliphatic heterocycles. The average molecular weight is 189 g/mol. The molecule has 2 N–H and O–H groups in total. The minimum Gasteiger partial charge on any atom is -0.394 e. The van der Waals surface area contributed by atoms with E-state index in [0.717, 1.165) is 6.42 Å². The Morgan fingerprint density at radius 1 is 1.54 bits per heavy atom. The van der Waals surface area contributed by atoms with Crippen molar-refractivity contribution < 1.29 is 14.6 Å². The summed E-state index contributed by atoms with van der Waals surface area (Å²) in [6.45, 7) is 4.90. The highest BCUT2D eigenvalue weighted by Gasteiger charge is 2.04. The maximum atomic E-state index is 11.1. The molecule has 1 amide bonds. The Balaban J connectivity index is 3.30. The summed E-state index contributed by atoms with van der Waals surface area (Å²) < 4.78 is 5.15. The molecular formula is C9H19NO3. The van der Waals surface area contributed by atoms with Gasteiger partial charge in [0.2, 0.25) is 5.91 Å². The fraction of sp³-hybridized carbons (Fsp3) is 0.889. The molecule has 0 unspecified atom stereocenters. The molecule has 0 bridgehead atoms. The molecule has 4 heteroatoms. The Morgan fingerprint density at radius 2 is 2.23 bits per heavy atom. The SMILES string of the molecule is CCCOCCC(=O)N[C@H](C)CO. The van der Waals surface area contributed by atoms with Gasteiger partial charge in [-0.3, -0.25) is 4.79 Å². The second-order valence-electron chi connectivity index (χ2n) is 3.01. The number of amides is 1. The third-order valence-corrected chi connectivity index (χ3v) is 1.50. The second kappa shape index (κ2) is 8.01. The number of rotatable bonds is 7. The highest BCUT2D eigenvalue weighted by Crippen LogP contribution is 1.87. The normalized spacial score (nSPS) is 12.5. The molecule has 0 saturated carbocycles. The van der Waals surface area contributed by atoms with E-state index in [4.69, 9.17) is 9.84 Å². The van der Waals surface area contributed by atoms with Crippen LogP contribution in [0.25, 0.3) is 0 Å². The van der Waals surface area contributed by atoms with E-state index < -0.39 is 0 Å². The fourth-order valence-electron chi connectivity index (χ4n) is 0.804. The minimum absolute atomic E-state index is 0.0262. The number of aliphatic hydroxyl groups excluding tert-OH is 1. The monoisotopic (exact) mass is 189 g/mol. The topological polar surface area (TPSA) is 58.6 Å². The molecule has 0 aromatic carbocycles. The summed E-state index contributed by atoms with van der Waals surface area (Å²) in [6.07, 6.45) is 1.33. The van der Waals surface area contributed by atoms with Gasteiger partial charge in [0.15, 0.2) is 0 Å². The minimum atomic E-state index is -0.168. The third kappa shape index (κ3) is 7.74. The molecule has 0 aliphatic rings. The Labute approximate surface area is 79.3 Å². The first-order chi connectivity index (χ1) is 6.20.